The second kappa shape index (κ2) is 21.1. The summed E-state index contributed by atoms with van der Waals surface area (Å²) in [5.41, 5.74) is 1.75. The lowest BCUT2D eigenvalue weighted by atomic mass is 9.99. The first-order valence-corrected chi connectivity index (χ1v) is 16.7. The van der Waals surface area contributed by atoms with Gasteiger partial charge < -0.3 is 20.7 Å². The van der Waals surface area contributed by atoms with Crippen molar-refractivity contribution in [2.45, 2.75) is 124 Å². The van der Waals surface area contributed by atoms with E-state index in [1.165, 1.54) is 25.7 Å². The lowest BCUT2D eigenvalue weighted by Gasteiger charge is -2.27. The van der Waals surface area contributed by atoms with Crippen molar-refractivity contribution in [3.05, 3.63) is 71.8 Å². The van der Waals surface area contributed by atoms with E-state index in [1.807, 2.05) is 88.4 Å². The van der Waals surface area contributed by atoms with E-state index >= 15 is 0 Å². The predicted molar refractivity (Wildman–Crippen MR) is 179 cm³/mol. The van der Waals surface area contributed by atoms with Crippen LogP contribution >= 0.6 is 0 Å². The molecule has 8 nitrogen and oxygen atoms in total. The first-order valence-electron chi connectivity index (χ1n) is 16.7. The van der Waals surface area contributed by atoms with Crippen molar-refractivity contribution >= 4 is 23.7 Å². The molecular formula is C37H55N3O5. The number of hydrogen-bond acceptors (Lipinski definition) is 5. The summed E-state index contributed by atoms with van der Waals surface area (Å²) in [4.78, 5) is 53.1. The molecule has 0 spiro atoms. The van der Waals surface area contributed by atoms with E-state index in [-0.39, 0.29) is 24.3 Å². The third-order valence-corrected chi connectivity index (χ3v) is 7.72. The summed E-state index contributed by atoms with van der Waals surface area (Å²) in [7, 11) is 0. The first kappa shape index (κ1) is 37.5. The molecule has 0 aliphatic rings. The second-order valence-corrected chi connectivity index (χ2v) is 12.7. The number of amides is 3. The van der Waals surface area contributed by atoms with Gasteiger partial charge in [-0.2, -0.15) is 0 Å². The van der Waals surface area contributed by atoms with Crippen LogP contribution in [0.5, 0.6) is 0 Å². The van der Waals surface area contributed by atoms with Gasteiger partial charge in [0.05, 0.1) is 0 Å². The molecule has 3 atom stereocenters. The maximum Gasteiger partial charge on any atom is 0.329 e. The highest BCUT2D eigenvalue weighted by molar-refractivity contribution is 5.93. The molecule has 2 rings (SSSR count). The van der Waals surface area contributed by atoms with Crippen molar-refractivity contribution in [1.29, 1.82) is 0 Å². The van der Waals surface area contributed by atoms with E-state index in [9.17, 15) is 19.2 Å². The monoisotopic (exact) mass is 621 g/mol. The highest BCUT2D eigenvalue weighted by Crippen LogP contribution is 2.13. The van der Waals surface area contributed by atoms with Gasteiger partial charge in [-0.25, -0.2) is 4.79 Å². The minimum absolute atomic E-state index is 0.0862. The summed E-state index contributed by atoms with van der Waals surface area (Å²) >= 11 is 0. The van der Waals surface area contributed by atoms with Gasteiger partial charge in [0, 0.05) is 12.8 Å². The van der Waals surface area contributed by atoms with E-state index in [4.69, 9.17) is 4.74 Å². The van der Waals surface area contributed by atoms with Crippen molar-refractivity contribution in [3.8, 4) is 0 Å². The SMILES string of the molecule is CCCCCCCCCC(=O)NC(Cc1ccccc1)C(=O)NC(CC(C)C)C(=O)NC(C(=O)OCc1ccccc1)C(C)C. The molecule has 0 aromatic heterocycles. The van der Waals surface area contributed by atoms with Crippen LogP contribution in [0.25, 0.3) is 0 Å². The van der Waals surface area contributed by atoms with Crippen LogP contribution in [-0.4, -0.2) is 41.8 Å². The van der Waals surface area contributed by atoms with Crippen LogP contribution in [0.1, 0.15) is 104 Å². The number of ether oxygens (including phenoxy) is 1. The lowest BCUT2D eigenvalue weighted by Crippen LogP contribution is -2.57. The van der Waals surface area contributed by atoms with Crippen LogP contribution in [0.15, 0.2) is 60.7 Å². The van der Waals surface area contributed by atoms with Gasteiger partial charge in [-0.1, -0.05) is 134 Å². The molecule has 8 heteroatoms. The first-order chi connectivity index (χ1) is 21.6. The highest BCUT2D eigenvalue weighted by atomic mass is 16.5. The topological polar surface area (TPSA) is 114 Å². The Kier molecular flexibility index (Phi) is 17.6. The molecular weight excluding hydrogens is 566 g/mol. The van der Waals surface area contributed by atoms with Gasteiger partial charge in [-0.05, 0) is 35.8 Å². The average molecular weight is 622 g/mol. The Morgan fingerprint density at radius 1 is 0.667 bits per heavy atom. The summed E-state index contributed by atoms with van der Waals surface area (Å²) in [5, 5.41) is 8.65. The van der Waals surface area contributed by atoms with Gasteiger partial charge in [-0.3, -0.25) is 14.4 Å². The van der Waals surface area contributed by atoms with Gasteiger partial charge in [-0.15, -0.1) is 0 Å². The molecule has 248 valence electrons. The van der Waals surface area contributed by atoms with Gasteiger partial charge in [0.2, 0.25) is 17.7 Å². The van der Waals surface area contributed by atoms with Crippen LogP contribution in [0.4, 0.5) is 0 Å². The van der Waals surface area contributed by atoms with Gasteiger partial charge >= 0.3 is 5.97 Å². The van der Waals surface area contributed by atoms with Gasteiger partial charge in [0.15, 0.2) is 0 Å². The zero-order chi connectivity index (χ0) is 33.0. The zero-order valence-electron chi connectivity index (χ0n) is 28.0. The number of benzene rings is 2. The summed E-state index contributed by atoms with van der Waals surface area (Å²) in [6.07, 6.45) is 8.71. The fourth-order valence-electron chi connectivity index (χ4n) is 5.11. The molecule has 0 radical (unpaired) electrons. The summed E-state index contributed by atoms with van der Waals surface area (Å²) < 4.78 is 5.52. The van der Waals surface area contributed by atoms with Crippen molar-refractivity contribution in [2.24, 2.45) is 11.8 Å². The Bertz CT molecular complexity index is 1150. The molecule has 0 aliphatic heterocycles. The zero-order valence-corrected chi connectivity index (χ0v) is 28.0. The number of nitrogens with one attached hydrogen (secondary N) is 3. The smallest absolute Gasteiger partial charge is 0.329 e. The molecule has 0 fully saturated rings. The van der Waals surface area contributed by atoms with Crippen LogP contribution in [0.3, 0.4) is 0 Å². The molecule has 3 unspecified atom stereocenters. The van der Waals surface area contributed by atoms with Crippen molar-refractivity contribution in [3.63, 3.8) is 0 Å². The van der Waals surface area contributed by atoms with Crippen molar-refractivity contribution in [1.82, 2.24) is 16.0 Å². The molecule has 0 saturated carbocycles. The molecule has 3 N–H and O–H groups in total. The highest BCUT2D eigenvalue weighted by Gasteiger charge is 2.32. The molecule has 0 aliphatic carbocycles. The fraction of sp³-hybridized carbons (Fsp3) is 0.568. The molecule has 2 aromatic carbocycles. The van der Waals surface area contributed by atoms with E-state index in [2.05, 4.69) is 22.9 Å². The number of unbranched alkanes of at least 4 members (excludes halogenated alkanes) is 6. The minimum atomic E-state index is -0.890. The van der Waals surface area contributed by atoms with Crippen LogP contribution in [-0.2, 0) is 36.9 Å². The quantitative estimate of drug-likeness (QED) is 0.112. The molecule has 0 saturated heterocycles. The number of carbonyl (C=O) groups excluding carboxylic acids is 4. The number of esters is 1. The standard InChI is InChI=1S/C37H55N3O5/c1-6-7-8-9-10-11-18-23-33(41)38-32(25-29-19-14-12-15-20-29)35(42)39-31(24-27(2)3)36(43)40-34(28(4)5)37(44)45-26-30-21-16-13-17-22-30/h12-17,19-22,27-28,31-32,34H,6-11,18,23-26H2,1-5H3,(H,38,41)(H,39,42)(H,40,43). The third kappa shape index (κ3) is 15.2. The largest absolute Gasteiger partial charge is 0.459 e. The van der Waals surface area contributed by atoms with Gasteiger partial charge in [0.1, 0.15) is 24.7 Å². The molecule has 2 aromatic rings. The number of hydrogen-bond donors (Lipinski definition) is 3. The predicted octanol–water partition coefficient (Wildman–Crippen LogP) is 6.27. The normalized spacial score (nSPS) is 13.1. The van der Waals surface area contributed by atoms with E-state index in [1.54, 1.807) is 0 Å². The Balaban J connectivity index is 2.08. The Morgan fingerprint density at radius 2 is 1.22 bits per heavy atom. The minimum Gasteiger partial charge on any atom is -0.459 e. The maximum absolute atomic E-state index is 13.7. The Labute approximate surface area is 270 Å². The number of carbonyl (C=O) groups is 4. The van der Waals surface area contributed by atoms with E-state index in [0.717, 1.165) is 30.4 Å². The Hall–Kier alpha value is -3.68. The average Bonchev–Trinajstić information content (AvgIpc) is 3.01. The van der Waals surface area contributed by atoms with Crippen LogP contribution < -0.4 is 16.0 Å². The summed E-state index contributed by atoms with van der Waals surface area (Å²) in [5.74, 6) is -1.74. The molecule has 3 amide bonds. The molecule has 0 bridgehead atoms. The second-order valence-electron chi connectivity index (χ2n) is 12.7. The van der Waals surface area contributed by atoms with Crippen LogP contribution in [0.2, 0.25) is 0 Å². The summed E-state index contributed by atoms with van der Waals surface area (Å²) in [6, 6.07) is 16.2. The Morgan fingerprint density at radius 3 is 1.80 bits per heavy atom. The van der Waals surface area contributed by atoms with Gasteiger partial charge in [0.25, 0.3) is 0 Å². The number of rotatable bonds is 21. The van der Waals surface area contributed by atoms with E-state index < -0.39 is 35.9 Å². The molecule has 0 heterocycles. The third-order valence-electron chi connectivity index (χ3n) is 7.72. The molecule has 45 heavy (non-hydrogen) atoms. The van der Waals surface area contributed by atoms with Crippen LogP contribution in [0, 0.1) is 11.8 Å². The van der Waals surface area contributed by atoms with Crippen molar-refractivity contribution < 1.29 is 23.9 Å². The van der Waals surface area contributed by atoms with Crippen molar-refractivity contribution in [2.75, 3.05) is 0 Å². The lowest BCUT2D eigenvalue weighted by molar-refractivity contribution is -0.150. The summed E-state index contributed by atoms with van der Waals surface area (Å²) in [6.45, 7) is 9.89. The van der Waals surface area contributed by atoms with E-state index in [0.29, 0.717) is 19.3 Å². The fourth-order valence-corrected chi connectivity index (χ4v) is 5.11. The maximum atomic E-state index is 13.7.